The van der Waals surface area contributed by atoms with Gasteiger partial charge in [0.05, 0.1) is 29.1 Å². The number of hydrogen-bond donors (Lipinski definition) is 1. The van der Waals surface area contributed by atoms with Gasteiger partial charge in [0.1, 0.15) is 0 Å². The van der Waals surface area contributed by atoms with Crippen molar-refractivity contribution in [1.29, 1.82) is 5.26 Å². The van der Waals surface area contributed by atoms with E-state index < -0.39 is 21.8 Å². The maximum atomic E-state index is 12.2. The molecule has 6 heteroatoms. The van der Waals surface area contributed by atoms with Gasteiger partial charge in [-0.3, -0.25) is 4.18 Å². The fourth-order valence-electron chi connectivity index (χ4n) is 2.49. The number of aryl methyl sites for hydroxylation is 1. The van der Waals surface area contributed by atoms with Crippen molar-refractivity contribution in [2.75, 3.05) is 0 Å². The molecule has 21 heavy (non-hydrogen) atoms. The van der Waals surface area contributed by atoms with Gasteiger partial charge in [0, 0.05) is 0 Å². The zero-order valence-electron chi connectivity index (χ0n) is 11.9. The van der Waals surface area contributed by atoms with Crippen molar-refractivity contribution in [3.05, 3.63) is 29.8 Å². The molecule has 0 heterocycles. The molecule has 1 aliphatic carbocycles. The fraction of sp³-hybridized carbons (Fsp3) is 0.533. The smallest absolute Gasteiger partial charge is 0.297 e. The fourth-order valence-corrected chi connectivity index (χ4v) is 3.62. The number of nitriles is 1. The lowest BCUT2D eigenvalue weighted by atomic mass is 9.81. The van der Waals surface area contributed by atoms with Gasteiger partial charge in [-0.15, -0.1) is 0 Å². The molecule has 1 fully saturated rings. The van der Waals surface area contributed by atoms with Gasteiger partial charge in [0.15, 0.2) is 0 Å². The molecule has 0 aromatic heterocycles. The molecule has 0 atom stereocenters. The van der Waals surface area contributed by atoms with Crippen molar-refractivity contribution < 1.29 is 17.7 Å². The minimum Gasteiger partial charge on any atom is -0.389 e. The summed E-state index contributed by atoms with van der Waals surface area (Å²) in [7, 11) is -3.77. The van der Waals surface area contributed by atoms with E-state index in [9.17, 15) is 13.5 Å². The first-order valence-corrected chi connectivity index (χ1v) is 8.35. The van der Waals surface area contributed by atoms with Crippen LogP contribution in [0.15, 0.2) is 29.2 Å². The number of aliphatic hydroxyl groups is 1. The van der Waals surface area contributed by atoms with Gasteiger partial charge in [-0.05, 0) is 44.7 Å². The zero-order chi connectivity index (χ0) is 15.5. The van der Waals surface area contributed by atoms with Gasteiger partial charge in [0.25, 0.3) is 10.1 Å². The Bertz CT molecular complexity index is 623. The molecule has 114 valence electrons. The predicted molar refractivity (Wildman–Crippen MR) is 76.9 cm³/mol. The number of hydrogen-bond acceptors (Lipinski definition) is 5. The van der Waals surface area contributed by atoms with Crippen LogP contribution in [-0.4, -0.2) is 25.2 Å². The average molecular weight is 309 g/mol. The van der Waals surface area contributed by atoms with Crippen LogP contribution in [0.1, 0.15) is 37.7 Å². The van der Waals surface area contributed by atoms with E-state index >= 15 is 0 Å². The predicted octanol–water partition coefficient (Wildman–Crippen LogP) is 2.29. The Morgan fingerprint density at radius 3 is 2.43 bits per heavy atom. The minimum absolute atomic E-state index is 0.0738. The van der Waals surface area contributed by atoms with E-state index in [2.05, 4.69) is 0 Å². The van der Waals surface area contributed by atoms with E-state index in [1.807, 2.05) is 13.0 Å². The first-order valence-electron chi connectivity index (χ1n) is 6.94. The molecule has 0 bridgehead atoms. The molecule has 1 N–H and O–H groups in total. The van der Waals surface area contributed by atoms with Crippen LogP contribution in [0.2, 0.25) is 0 Å². The van der Waals surface area contributed by atoms with Crippen LogP contribution in [0.5, 0.6) is 0 Å². The topological polar surface area (TPSA) is 87.4 Å². The van der Waals surface area contributed by atoms with Gasteiger partial charge in [-0.1, -0.05) is 17.7 Å². The third-order valence-electron chi connectivity index (χ3n) is 3.84. The molecule has 5 nitrogen and oxygen atoms in total. The van der Waals surface area contributed by atoms with E-state index in [0.717, 1.165) is 5.56 Å². The van der Waals surface area contributed by atoms with Crippen LogP contribution in [-0.2, 0) is 14.3 Å². The quantitative estimate of drug-likeness (QED) is 0.862. The first-order chi connectivity index (χ1) is 9.85. The molecule has 0 radical (unpaired) electrons. The molecule has 1 aliphatic rings. The SMILES string of the molecule is Cc1ccc(S(=O)(=O)OC2CCC(O)(CC#N)CC2)cc1. The monoisotopic (exact) mass is 309 g/mol. The molecule has 0 aliphatic heterocycles. The molecule has 0 spiro atoms. The van der Waals surface area contributed by atoms with Crippen molar-refractivity contribution in [3.63, 3.8) is 0 Å². The summed E-state index contributed by atoms with van der Waals surface area (Å²) >= 11 is 0. The van der Waals surface area contributed by atoms with Crippen molar-refractivity contribution in [2.45, 2.75) is 55.6 Å². The van der Waals surface area contributed by atoms with E-state index in [4.69, 9.17) is 9.44 Å². The Balaban J connectivity index is 2.00. The van der Waals surface area contributed by atoms with Gasteiger partial charge in [-0.25, -0.2) is 0 Å². The van der Waals surface area contributed by atoms with Crippen LogP contribution in [0.25, 0.3) is 0 Å². The van der Waals surface area contributed by atoms with Gasteiger partial charge in [0.2, 0.25) is 0 Å². The molecule has 1 saturated carbocycles. The van der Waals surface area contributed by atoms with Crippen molar-refractivity contribution in [2.24, 2.45) is 0 Å². The van der Waals surface area contributed by atoms with Crippen LogP contribution >= 0.6 is 0 Å². The summed E-state index contributed by atoms with van der Waals surface area (Å²) in [5.74, 6) is 0. The van der Waals surface area contributed by atoms with Crippen LogP contribution < -0.4 is 0 Å². The molecular weight excluding hydrogens is 290 g/mol. The van der Waals surface area contributed by atoms with Crippen molar-refractivity contribution in [3.8, 4) is 6.07 Å². The van der Waals surface area contributed by atoms with E-state index in [-0.39, 0.29) is 11.3 Å². The lowest BCUT2D eigenvalue weighted by molar-refractivity contribution is -0.0207. The largest absolute Gasteiger partial charge is 0.389 e. The standard InChI is InChI=1S/C15H19NO4S/c1-12-2-4-14(5-3-12)21(18,19)20-13-6-8-15(17,9-7-13)10-11-16/h2-5,13,17H,6-10H2,1H3. The normalized spacial score (nSPS) is 26.2. The summed E-state index contributed by atoms with van der Waals surface area (Å²) in [6.45, 7) is 1.88. The van der Waals surface area contributed by atoms with E-state index in [0.29, 0.717) is 25.7 Å². The highest BCUT2D eigenvalue weighted by Crippen LogP contribution is 2.33. The Labute approximate surface area is 125 Å². The highest BCUT2D eigenvalue weighted by atomic mass is 32.2. The molecule has 2 rings (SSSR count). The van der Waals surface area contributed by atoms with Gasteiger partial charge >= 0.3 is 0 Å². The summed E-state index contributed by atoms with van der Waals surface area (Å²) in [6.07, 6.45) is 1.27. The average Bonchev–Trinajstić information content (AvgIpc) is 2.42. The van der Waals surface area contributed by atoms with Crippen LogP contribution in [0.4, 0.5) is 0 Å². The van der Waals surface area contributed by atoms with E-state index in [1.165, 1.54) is 12.1 Å². The summed E-state index contributed by atoms with van der Waals surface area (Å²) in [5, 5.41) is 18.8. The maximum absolute atomic E-state index is 12.2. The Kier molecular flexibility index (Phi) is 4.67. The molecule has 0 amide bonds. The van der Waals surface area contributed by atoms with Crippen LogP contribution in [0, 0.1) is 18.3 Å². The van der Waals surface area contributed by atoms with E-state index in [1.54, 1.807) is 12.1 Å². The van der Waals surface area contributed by atoms with Crippen molar-refractivity contribution in [1.82, 2.24) is 0 Å². The highest BCUT2D eigenvalue weighted by Gasteiger charge is 2.35. The Morgan fingerprint density at radius 2 is 1.90 bits per heavy atom. The molecule has 0 saturated heterocycles. The second-order valence-electron chi connectivity index (χ2n) is 5.62. The summed E-state index contributed by atoms with van der Waals surface area (Å²) in [4.78, 5) is 0.144. The highest BCUT2D eigenvalue weighted by molar-refractivity contribution is 7.86. The molecule has 1 aromatic rings. The molecule has 1 aromatic carbocycles. The summed E-state index contributed by atoms with van der Waals surface area (Å²) < 4.78 is 29.6. The molecule has 0 unspecified atom stereocenters. The first kappa shape index (κ1) is 16.0. The third-order valence-corrected chi connectivity index (χ3v) is 5.22. The van der Waals surface area contributed by atoms with Crippen molar-refractivity contribution >= 4 is 10.1 Å². The Hall–Kier alpha value is -1.42. The lowest BCUT2D eigenvalue weighted by Gasteiger charge is -2.33. The lowest BCUT2D eigenvalue weighted by Crippen LogP contribution is -2.37. The number of rotatable bonds is 4. The summed E-state index contributed by atoms with van der Waals surface area (Å²) in [5.41, 5.74) is -0.0180. The Morgan fingerprint density at radius 1 is 1.33 bits per heavy atom. The third kappa shape index (κ3) is 4.03. The number of benzene rings is 1. The minimum atomic E-state index is -3.77. The maximum Gasteiger partial charge on any atom is 0.297 e. The van der Waals surface area contributed by atoms with Gasteiger partial charge in [-0.2, -0.15) is 13.7 Å². The number of nitrogens with zero attached hydrogens (tertiary/aromatic N) is 1. The zero-order valence-corrected chi connectivity index (χ0v) is 12.8. The van der Waals surface area contributed by atoms with Gasteiger partial charge < -0.3 is 5.11 Å². The second kappa shape index (κ2) is 6.14. The summed E-state index contributed by atoms with van der Waals surface area (Å²) in [6, 6.07) is 8.47. The second-order valence-corrected chi connectivity index (χ2v) is 7.19. The molecular formula is C15H19NO4S. The van der Waals surface area contributed by atoms with Crippen LogP contribution in [0.3, 0.4) is 0 Å².